The van der Waals surface area contributed by atoms with Crippen LogP contribution in [-0.4, -0.2) is 20.4 Å². The molecule has 3 heterocycles. The van der Waals surface area contributed by atoms with Gasteiger partial charge in [-0.1, -0.05) is 30.8 Å². The summed E-state index contributed by atoms with van der Waals surface area (Å²) >= 11 is 4.36. The van der Waals surface area contributed by atoms with E-state index in [0.717, 1.165) is 22.6 Å². The second-order valence-electron chi connectivity index (χ2n) is 6.68. The number of aromatic nitrogens is 3. The number of anilines is 2. The van der Waals surface area contributed by atoms with Gasteiger partial charge in [-0.05, 0) is 35.6 Å². The van der Waals surface area contributed by atoms with Crippen LogP contribution in [0.4, 0.5) is 10.8 Å². The third kappa shape index (κ3) is 4.05. The molecule has 6 nitrogen and oxygen atoms in total. The van der Waals surface area contributed by atoms with E-state index in [1.54, 1.807) is 29.5 Å². The van der Waals surface area contributed by atoms with Crippen LogP contribution in [0.2, 0.25) is 0 Å². The second kappa shape index (κ2) is 8.71. The number of nitrogens with zero attached hydrogens (tertiary/aromatic N) is 4. The normalized spacial score (nSPS) is 11.2. The minimum Gasteiger partial charge on any atom is -0.290 e. The number of hydrogen-bond acceptors (Lipinski definition) is 7. The van der Waals surface area contributed by atoms with Crippen molar-refractivity contribution in [2.45, 2.75) is 31.2 Å². The summed E-state index contributed by atoms with van der Waals surface area (Å²) in [6.45, 7) is 3.64. The van der Waals surface area contributed by atoms with Gasteiger partial charge in [0.2, 0.25) is 5.91 Å². The maximum Gasteiger partial charge on any atom is 0.262 e. The fourth-order valence-electron chi connectivity index (χ4n) is 3.02. The van der Waals surface area contributed by atoms with E-state index in [9.17, 15) is 9.59 Å². The van der Waals surface area contributed by atoms with Crippen molar-refractivity contribution in [1.29, 1.82) is 0 Å². The predicted molar refractivity (Wildman–Crippen MR) is 125 cm³/mol. The molecule has 0 radical (unpaired) electrons. The number of benzene rings is 1. The molecule has 0 unspecified atom stereocenters. The van der Waals surface area contributed by atoms with Crippen LogP contribution >= 0.6 is 34.4 Å². The first-order chi connectivity index (χ1) is 14.5. The molecule has 3 aromatic heterocycles. The van der Waals surface area contributed by atoms with E-state index < -0.39 is 0 Å². The average Bonchev–Trinajstić information content (AvgIpc) is 3.40. The van der Waals surface area contributed by atoms with Gasteiger partial charge in [0.15, 0.2) is 10.3 Å². The van der Waals surface area contributed by atoms with E-state index in [2.05, 4.69) is 16.9 Å². The highest BCUT2D eigenvalue weighted by atomic mass is 32.2. The first-order valence-electron chi connectivity index (χ1n) is 9.39. The molecule has 0 aliphatic carbocycles. The Morgan fingerprint density at radius 2 is 1.93 bits per heavy atom. The SMILES string of the molecule is CCc1ccc(N(C(C)=O)c2nc(CSc3nc4sccc4c(=O)n3C)cs2)cc1. The molecule has 0 N–H and O–H groups in total. The van der Waals surface area contributed by atoms with Gasteiger partial charge in [0.05, 0.1) is 16.8 Å². The molecule has 0 aliphatic rings. The van der Waals surface area contributed by atoms with Crippen LogP contribution in [-0.2, 0) is 24.0 Å². The van der Waals surface area contributed by atoms with Gasteiger partial charge >= 0.3 is 0 Å². The molecule has 154 valence electrons. The zero-order valence-electron chi connectivity index (χ0n) is 16.8. The molecular weight excluding hydrogens is 436 g/mol. The van der Waals surface area contributed by atoms with Gasteiger partial charge in [-0.2, -0.15) is 0 Å². The number of thiophene rings is 1. The number of hydrogen-bond donors (Lipinski definition) is 0. The lowest BCUT2D eigenvalue weighted by Gasteiger charge is -2.18. The Labute approximate surface area is 186 Å². The van der Waals surface area contributed by atoms with E-state index in [1.165, 1.54) is 40.0 Å². The van der Waals surface area contributed by atoms with Crippen molar-refractivity contribution in [3.05, 3.63) is 62.7 Å². The zero-order valence-corrected chi connectivity index (χ0v) is 19.2. The highest BCUT2D eigenvalue weighted by Gasteiger charge is 2.18. The highest BCUT2D eigenvalue weighted by molar-refractivity contribution is 7.98. The molecule has 9 heteroatoms. The summed E-state index contributed by atoms with van der Waals surface area (Å²) in [7, 11) is 1.73. The summed E-state index contributed by atoms with van der Waals surface area (Å²) in [6, 6.07) is 9.77. The maximum absolute atomic E-state index is 12.5. The van der Waals surface area contributed by atoms with Crippen LogP contribution in [0, 0.1) is 0 Å². The van der Waals surface area contributed by atoms with E-state index >= 15 is 0 Å². The van der Waals surface area contributed by atoms with Crippen molar-refractivity contribution in [3.63, 3.8) is 0 Å². The first-order valence-corrected chi connectivity index (χ1v) is 12.1. The number of amides is 1. The average molecular weight is 457 g/mol. The summed E-state index contributed by atoms with van der Waals surface area (Å²) in [4.78, 5) is 36.4. The number of fused-ring (bicyclic) bond motifs is 1. The molecule has 0 atom stereocenters. The minimum atomic E-state index is -0.0833. The van der Waals surface area contributed by atoms with Crippen molar-refractivity contribution in [2.75, 3.05) is 4.90 Å². The summed E-state index contributed by atoms with van der Waals surface area (Å²) in [6.07, 6.45) is 0.951. The van der Waals surface area contributed by atoms with Gasteiger partial charge in [-0.3, -0.25) is 19.1 Å². The van der Waals surface area contributed by atoms with Gasteiger partial charge in [0.25, 0.3) is 5.56 Å². The van der Waals surface area contributed by atoms with Gasteiger partial charge < -0.3 is 0 Å². The largest absolute Gasteiger partial charge is 0.290 e. The molecule has 0 bridgehead atoms. The van der Waals surface area contributed by atoms with E-state index in [0.29, 0.717) is 21.4 Å². The molecule has 0 fully saturated rings. The van der Waals surface area contributed by atoms with E-state index in [1.807, 2.05) is 35.0 Å². The Hall–Kier alpha value is -2.49. The van der Waals surface area contributed by atoms with E-state index in [-0.39, 0.29) is 11.5 Å². The summed E-state index contributed by atoms with van der Waals surface area (Å²) < 4.78 is 1.57. The van der Waals surface area contributed by atoms with Gasteiger partial charge in [-0.15, -0.1) is 22.7 Å². The van der Waals surface area contributed by atoms with Crippen LogP contribution in [0.5, 0.6) is 0 Å². The monoisotopic (exact) mass is 456 g/mol. The molecule has 30 heavy (non-hydrogen) atoms. The smallest absolute Gasteiger partial charge is 0.262 e. The van der Waals surface area contributed by atoms with Crippen molar-refractivity contribution in [2.24, 2.45) is 7.05 Å². The number of carbonyl (C=O) groups excluding carboxylic acids is 1. The molecule has 0 saturated carbocycles. The standard InChI is InChI=1S/C21H20N4O2S3/c1-4-14-5-7-16(8-6-14)25(13(2)26)21-22-15(12-30-21)11-29-20-23-18-17(9-10-28-18)19(27)24(20)3/h5-10,12H,4,11H2,1-3H3. The second-order valence-corrected chi connectivity index (χ2v) is 9.36. The lowest BCUT2D eigenvalue weighted by molar-refractivity contribution is -0.115. The minimum absolute atomic E-state index is 0.0407. The molecule has 0 spiro atoms. The van der Waals surface area contributed by atoms with Gasteiger partial charge in [0.1, 0.15) is 4.83 Å². The maximum atomic E-state index is 12.5. The predicted octanol–water partition coefficient (Wildman–Crippen LogP) is 4.99. The number of carbonyl (C=O) groups is 1. The molecule has 1 aromatic carbocycles. The number of thiazole rings is 1. The third-order valence-electron chi connectivity index (χ3n) is 4.66. The van der Waals surface area contributed by atoms with Gasteiger partial charge in [-0.25, -0.2) is 9.97 Å². The van der Waals surface area contributed by atoms with Crippen LogP contribution < -0.4 is 10.5 Å². The number of thioether (sulfide) groups is 1. The molecule has 4 rings (SSSR count). The molecule has 0 aliphatic heterocycles. The lowest BCUT2D eigenvalue weighted by atomic mass is 10.1. The Kier molecular flexibility index (Phi) is 6.03. The van der Waals surface area contributed by atoms with Crippen molar-refractivity contribution >= 4 is 61.4 Å². The van der Waals surface area contributed by atoms with E-state index in [4.69, 9.17) is 0 Å². The van der Waals surface area contributed by atoms with Crippen LogP contribution in [0.1, 0.15) is 25.1 Å². The van der Waals surface area contributed by atoms with Crippen LogP contribution in [0.25, 0.3) is 10.2 Å². The van der Waals surface area contributed by atoms with Crippen molar-refractivity contribution in [3.8, 4) is 0 Å². The fourth-order valence-corrected chi connectivity index (χ4v) is 5.68. The summed E-state index contributed by atoms with van der Waals surface area (Å²) in [5.74, 6) is 0.480. The fraction of sp³-hybridized carbons (Fsp3) is 0.238. The first kappa shape index (κ1) is 20.8. The molecule has 4 aromatic rings. The molecular formula is C21H20N4O2S3. The highest BCUT2D eigenvalue weighted by Crippen LogP contribution is 2.31. The van der Waals surface area contributed by atoms with Crippen LogP contribution in [0.15, 0.2) is 51.0 Å². The third-order valence-corrected chi connectivity index (χ3v) is 7.41. The Morgan fingerprint density at radius 3 is 2.63 bits per heavy atom. The van der Waals surface area contributed by atoms with Crippen LogP contribution in [0.3, 0.4) is 0 Å². The summed E-state index contributed by atoms with van der Waals surface area (Å²) in [5.41, 5.74) is 2.83. The Balaban J connectivity index is 1.55. The lowest BCUT2D eigenvalue weighted by Crippen LogP contribution is -2.22. The molecule has 0 saturated heterocycles. The number of rotatable bonds is 6. The zero-order chi connectivity index (χ0) is 21.3. The van der Waals surface area contributed by atoms with Gasteiger partial charge in [0, 0.05) is 25.1 Å². The molecule has 1 amide bonds. The van der Waals surface area contributed by atoms with Crippen molar-refractivity contribution < 1.29 is 4.79 Å². The Morgan fingerprint density at radius 1 is 1.17 bits per heavy atom. The quantitative estimate of drug-likeness (QED) is 0.302. The van der Waals surface area contributed by atoms with Crippen molar-refractivity contribution in [1.82, 2.24) is 14.5 Å². The topological polar surface area (TPSA) is 68.1 Å². The number of aryl methyl sites for hydroxylation is 1. The Bertz CT molecular complexity index is 1260. The summed E-state index contributed by atoms with van der Waals surface area (Å²) in [5, 5.41) is 5.76.